The molecule has 0 heterocycles. The van der Waals surface area contributed by atoms with E-state index in [2.05, 4.69) is 10.6 Å². The second kappa shape index (κ2) is 11.3. The van der Waals surface area contributed by atoms with E-state index in [1.165, 1.54) is 12.1 Å². The van der Waals surface area contributed by atoms with Crippen LogP contribution in [-0.4, -0.2) is 30.0 Å². The molecule has 178 valence electrons. The van der Waals surface area contributed by atoms with Gasteiger partial charge in [-0.2, -0.15) is 13.2 Å². The highest BCUT2D eigenvalue weighted by molar-refractivity contribution is 5.91. The number of hydrogen-bond donors (Lipinski definition) is 3. The van der Waals surface area contributed by atoms with Gasteiger partial charge >= 0.3 is 12.3 Å². The van der Waals surface area contributed by atoms with Gasteiger partial charge in [-0.25, -0.2) is 4.79 Å². The van der Waals surface area contributed by atoms with Crippen LogP contribution < -0.4 is 16.4 Å². The average molecular weight is 465 g/mol. The first-order chi connectivity index (χ1) is 15.5. The van der Waals surface area contributed by atoms with E-state index in [1.54, 1.807) is 38.1 Å². The van der Waals surface area contributed by atoms with Crippen molar-refractivity contribution in [1.82, 2.24) is 10.6 Å². The summed E-state index contributed by atoms with van der Waals surface area (Å²) in [6.45, 7) is 3.39. The van der Waals surface area contributed by atoms with E-state index in [4.69, 9.17) is 10.5 Å². The largest absolute Gasteiger partial charge is 0.445 e. The lowest BCUT2D eigenvalue weighted by molar-refractivity contribution is -0.137. The standard InChI is InChI=1S/C23H26F3N3O4/c1-14(2)19(29-22(32)33-13-16-6-4-3-5-7-16)21(31)28-18(20(27)30)12-15-8-10-17(11-9-15)23(24,25)26/h3-11,14,18-19H,12-13H2,1-2H3,(H2,27,30)(H,28,31)(H,29,32)/t18-,19-/m0/s1. The Morgan fingerprint density at radius 2 is 1.55 bits per heavy atom. The molecule has 0 aliphatic heterocycles. The van der Waals surface area contributed by atoms with Crippen LogP contribution in [0.5, 0.6) is 0 Å². The van der Waals surface area contributed by atoms with Crippen molar-refractivity contribution in [2.45, 2.75) is 45.1 Å². The van der Waals surface area contributed by atoms with Crippen molar-refractivity contribution >= 4 is 17.9 Å². The predicted molar refractivity (Wildman–Crippen MR) is 115 cm³/mol. The van der Waals surface area contributed by atoms with Crippen LogP contribution in [0.3, 0.4) is 0 Å². The summed E-state index contributed by atoms with van der Waals surface area (Å²) in [5.74, 6) is -1.89. The van der Waals surface area contributed by atoms with Crippen molar-refractivity contribution in [3.63, 3.8) is 0 Å². The summed E-state index contributed by atoms with van der Waals surface area (Å²) < 4.78 is 43.3. The summed E-state index contributed by atoms with van der Waals surface area (Å²) in [5.41, 5.74) is 5.69. The molecule has 0 aliphatic rings. The first-order valence-electron chi connectivity index (χ1n) is 10.2. The molecule has 0 spiro atoms. The molecule has 0 radical (unpaired) electrons. The van der Waals surface area contributed by atoms with Gasteiger partial charge in [-0.15, -0.1) is 0 Å². The fourth-order valence-electron chi connectivity index (χ4n) is 2.98. The number of nitrogens with two attached hydrogens (primary N) is 1. The average Bonchev–Trinajstić information content (AvgIpc) is 2.75. The van der Waals surface area contributed by atoms with Crippen LogP contribution in [0.25, 0.3) is 0 Å². The topological polar surface area (TPSA) is 111 Å². The van der Waals surface area contributed by atoms with E-state index in [-0.39, 0.29) is 18.9 Å². The van der Waals surface area contributed by atoms with Crippen molar-refractivity contribution < 1.29 is 32.3 Å². The number of hydrogen-bond acceptors (Lipinski definition) is 4. The number of rotatable bonds is 9. The zero-order chi connectivity index (χ0) is 24.6. The highest BCUT2D eigenvalue weighted by atomic mass is 19.4. The van der Waals surface area contributed by atoms with Crippen LogP contribution >= 0.6 is 0 Å². The van der Waals surface area contributed by atoms with Crippen molar-refractivity contribution in [1.29, 1.82) is 0 Å². The zero-order valence-electron chi connectivity index (χ0n) is 18.2. The molecular weight excluding hydrogens is 439 g/mol. The van der Waals surface area contributed by atoms with Crippen molar-refractivity contribution in [3.05, 3.63) is 71.3 Å². The molecule has 10 heteroatoms. The van der Waals surface area contributed by atoms with Crippen molar-refractivity contribution in [3.8, 4) is 0 Å². The number of alkyl carbamates (subject to hydrolysis) is 1. The lowest BCUT2D eigenvalue weighted by Crippen LogP contribution is -2.55. The molecule has 0 fully saturated rings. The Morgan fingerprint density at radius 3 is 2.06 bits per heavy atom. The van der Waals surface area contributed by atoms with E-state index in [1.807, 2.05) is 6.07 Å². The maximum absolute atomic E-state index is 12.7. The number of benzene rings is 2. The molecule has 7 nitrogen and oxygen atoms in total. The first kappa shape index (κ1) is 25.7. The van der Waals surface area contributed by atoms with Crippen LogP contribution in [-0.2, 0) is 33.5 Å². The van der Waals surface area contributed by atoms with Gasteiger partial charge in [0.1, 0.15) is 18.7 Å². The molecule has 2 atom stereocenters. The molecule has 0 saturated heterocycles. The molecule has 4 N–H and O–H groups in total. The van der Waals surface area contributed by atoms with E-state index >= 15 is 0 Å². The van der Waals surface area contributed by atoms with Crippen molar-refractivity contribution in [2.75, 3.05) is 0 Å². The monoisotopic (exact) mass is 465 g/mol. The molecule has 33 heavy (non-hydrogen) atoms. The van der Waals surface area contributed by atoms with Gasteiger partial charge in [-0.05, 0) is 29.2 Å². The smallest absolute Gasteiger partial charge is 0.416 e. The molecule has 0 bridgehead atoms. The third-order valence-corrected chi connectivity index (χ3v) is 4.82. The number of carbonyl (C=O) groups excluding carboxylic acids is 3. The molecule has 2 rings (SSSR count). The lowest BCUT2D eigenvalue weighted by atomic mass is 10.0. The minimum Gasteiger partial charge on any atom is -0.445 e. The summed E-state index contributed by atoms with van der Waals surface area (Å²) in [6.07, 6.45) is -5.41. The second-order valence-corrected chi connectivity index (χ2v) is 7.79. The van der Waals surface area contributed by atoms with Crippen LogP contribution in [0, 0.1) is 5.92 Å². The Morgan fingerprint density at radius 1 is 0.939 bits per heavy atom. The second-order valence-electron chi connectivity index (χ2n) is 7.79. The number of nitrogens with one attached hydrogen (secondary N) is 2. The van der Waals surface area contributed by atoms with Crippen molar-refractivity contribution in [2.24, 2.45) is 11.7 Å². The number of halogens is 3. The molecule has 0 saturated carbocycles. The molecule has 3 amide bonds. The molecular formula is C23H26F3N3O4. The number of amides is 3. The van der Waals surface area contributed by atoms with Crippen LogP contribution in [0.15, 0.2) is 54.6 Å². The highest BCUT2D eigenvalue weighted by Crippen LogP contribution is 2.29. The number of carbonyl (C=O) groups is 3. The summed E-state index contributed by atoms with van der Waals surface area (Å²) in [7, 11) is 0. The van der Waals surface area contributed by atoms with E-state index in [0.29, 0.717) is 5.56 Å². The number of alkyl halides is 3. The minimum atomic E-state index is -4.49. The number of primary amides is 1. The fraction of sp³-hybridized carbons (Fsp3) is 0.348. The minimum absolute atomic E-state index is 0.0109. The summed E-state index contributed by atoms with van der Waals surface area (Å²) in [4.78, 5) is 36.8. The Kier molecular flexibility index (Phi) is 8.84. The van der Waals surface area contributed by atoms with Gasteiger partial charge in [0, 0.05) is 6.42 Å². The third-order valence-electron chi connectivity index (χ3n) is 4.82. The summed E-state index contributed by atoms with van der Waals surface area (Å²) in [5, 5.41) is 4.93. The van der Waals surface area contributed by atoms with E-state index < -0.39 is 41.7 Å². The van der Waals surface area contributed by atoms with Gasteiger partial charge in [0.2, 0.25) is 11.8 Å². The molecule has 0 aliphatic carbocycles. The molecule has 0 aromatic heterocycles. The summed E-state index contributed by atoms with van der Waals surface area (Å²) >= 11 is 0. The van der Waals surface area contributed by atoms with Gasteiger partial charge < -0.3 is 21.1 Å². The zero-order valence-corrected chi connectivity index (χ0v) is 18.2. The Labute approximate surface area is 189 Å². The predicted octanol–water partition coefficient (Wildman–Crippen LogP) is 3.17. The maximum Gasteiger partial charge on any atom is 0.416 e. The van der Waals surface area contributed by atoms with Gasteiger partial charge in [-0.3, -0.25) is 9.59 Å². The Bertz CT molecular complexity index is 948. The van der Waals surface area contributed by atoms with E-state index in [0.717, 1.165) is 17.7 Å². The molecule has 2 aromatic carbocycles. The first-order valence-corrected chi connectivity index (χ1v) is 10.2. The van der Waals surface area contributed by atoms with Crippen LogP contribution in [0.4, 0.5) is 18.0 Å². The van der Waals surface area contributed by atoms with E-state index in [9.17, 15) is 27.6 Å². The van der Waals surface area contributed by atoms with Gasteiger partial charge in [0.15, 0.2) is 0 Å². The van der Waals surface area contributed by atoms with Crippen LogP contribution in [0.1, 0.15) is 30.5 Å². The maximum atomic E-state index is 12.7. The number of ether oxygens (including phenoxy) is 1. The highest BCUT2D eigenvalue weighted by Gasteiger charge is 2.31. The lowest BCUT2D eigenvalue weighted by Gasteiger charge is -2.24. The normalized spacial score (nSPS) is 13.2. The van der Waals surface area contributed by atoms with Gasteiger partial charge in [-0.1, -0.05) is 56.3 Å². The van der Waals surface area contributed by atoms with Crippen LogP contribution in [0.2, 0.25) is 0 Å². The van der Waals surface area contributed by atoms with Gasteiger partial charge in [0.25, 0.3) is 0 Å². The molecule has 2 aromatic rings. The fourth-order valence-corrected chi connectivity index (χ4v) is 2.98. The SMILES string of the molecule is CC(C)[C@H](NC(=O)OCc1ccccc1)C(=O)N[C@@H](Cc1ccc(C(F)(F)F)cc1)C(N)=O. The third kappa shape index (κ3) is 8.13. The Balaban J connectivity index is 2.00. The molecule has 0 unspecified atom stereocenters. The summed E-state index contributed by atoms with van der Waals surface area (Å²) in [6, 6.07) is 10.9. The Hall–Kier alpha value is -3.56. The van der Waals surface area contributed by atoms with Gasteiger partial charge in [0.05, 0.1) is 5.56 Å². The quantitative estimate of drug-likeness (QED) is 0.528.